The summed E-state index contributed by atoms with van der Waals surface area (Å²) in [5.74, 6) is 0.270. The molecule has 0 saturated carbocycles. The van der Waals surface area contributed by atoms with Crippen molar-refractivity contribution in [1.82, 2.24) is 4.98 Å². The van der Waals surface area contributed by atoms with Gasteiger partial charge >= 0.3 is 0 Å². The Labute approximate surface area is 84.5 Å². The first-order valence-electron chi connectivity index (χ1n) is 5.27. The summed E-state index contributed by atoms with van der Waals surface area (Å²) < 4.78 is 4.91. The fraction of sp³-hybridized carbons (Fsp3) is 0.636. The number of rotatable bonds is 7. The second kappa shape index (κ2) is 6.35. The molecule has 0 N–H and O–H groups in total. The van der Waals surface area contributed by atoms with E-state index < -0.39 is 0 Å². The van der Waals surface area contributed by atoms with Gasteiger partial charge in [-0.2, -0.15) is 0 Å². The average Bonchev–Trinajstić information content (AvgIpc) is 2.70. The number of unbranched alkanes of at least 4 members (excludes halogenated alkanes) is 4. The number of carbonyl (C=O) groups is 1. The van der Waals surface area contributed by atoms with Gasteiger partial charge in [-0.05, 0) is 6.42 Å². The standard InChI is InChI=1S/C11H17NO2/c1-2-3-4-5-6-7-10(13)11-12-8-9-14-11/h8-9H,2-7H2,1H3. The van der Waals surface area contributed by atoms with Crippen LogP contribution in [0.2, 0.25) is 0 Å². The minimum atomic E-state index is 0.0199. The number of nitrogens with zero attached hydrogens (tertiary/aromatic N) is 1. The Hall–Kier alpha value is -1.12. The van der Waals surface area contributed by atoms with Gasteiger partial charge in [-0.25, -0.2) is 4.98 Å². The maximum atomic E-state index is 11.4. The molecule has 1 heterocycles. The Kier molecular flexibility index (Phi) is 4.97. The Morgan fingerprint density at radius 2 is 2.14 bits per heavy atom. The number of Topliss-reactive ketones (excluding diaryl/α,β-unsaturated/α-hetero) is 1. The number of aromatic nitrogens is 1. The van der Waals surface area contributed by atoms with Crippen LogP contribution in [0.3, 0.4) is 0 Å². The summed E-state index contributed by atoms with van der Waals surface area (Å²) in [6, 6.07) is 0. The lowest BCUT2D eigenvalue weighted by Gasteiger charge is -1.97. The van der Waals surface area contributed by atoms with Crippen molar-refractivity contribution in [3.05, 3.63) is 18.4 Å². The van der Waals surface area contributed by atoms with Crippen molar-refractivity contribution in [2.24, 2.45) is 0 Å². The van der Waals surface area contributed by atoms with Crippen LogP contribution in [-0.2, 0) is 0 Å². The van der Waals surface area contributed by atoms with Gasteiger partial charge in [0.1, 0.15) is 6.26 Å². The molecule has 0 aromatic carbocycles. The molecule has 1 rings (SSSR count). The van der Waals surface area contributed by atoms with E-state index in [4.69, 9.17) is 4.42 Å². The topological polar surface area (TPSA) is 43.1 Å². The molecule has 78 valence electrons. The van der Waals surface area contributed by atoms with E-state index in [2.05, 4.69) is 11.9 Å². The molecule has 14 heavy (non-hydrogen) atoms. The lowest BCUT2D eigenvalue weighted by molar-refractivity contribution is 0.0945. The van der Waals surface area contributed by atoms with Gasteiger partial charge in [-0.3, -0.25) is 4.79 Å². The van der Waals surface area contributed by atoms with Gasteiger partial charge in [0, 0.05) is 6.42 Å². The van der Waals surface area contributed by atoms with E-state index in [0.29, 0.717) is 6.42 Å². The monoisotopic (exact) mass is 195 g/mol. The molecule has 0 amide bonds. The molecule has 0 aliphatic rings. The molecule has 0 fully saturated rings. The third-order valence-electron chi connectivity index (χ3n) is 2.18. The van der Waals surface area contributed by atoms with E-state index in [9.17, 15) is 4.79 Å². The smallest absolute Gasteiger partial charge is 0.263 e. The maximum absolute atomic E-state index is 11.4. The highest BCUT2D eigenvalue weighted by atomic mass is 16.3. The Morgan fingerprint density at radius 1 is 1.36 bits per heavy atom. The van der Waals surface area contributed by atoms with Crippen LogP contribution < -0.4 is 0 Å². The van der Waals surface area contributed by atoms with Gasteiger partial charge in [-0.1, -0.05) is 32.6 Å². The number of carbonyl (C=O) groups excluding carboxylic acids is 1. The molecule has 0 unspecified atom stereocenters. The van der Waals surface area contributed by atoms with Crippen LogP contribution in [0.4, 0.5) is 0 Å². The van der Waals surface area contributed by atoms with Gasteiger partial charge < -0.3 is 4.42 Å². The SMILES string of the molecule is CCCCCCCC(=O)c1ncco1. The molecule has 0 bridgehead atoms. The minimum Gasteiger partial charge on any atom is -0.442 e. The van der Waals surface area contributed by atoms with Gasteiger partial charge in [0.15, 0.2) is 0 Å². The van der Waals surface area contributed by atoms with Crippen LogP contribution in [0, 0.1) is 0 Å². The summed E-state index contributed by atoms with van der Waals surface area (Å²) in [6.45, 7) is 2.18. The average molecular weight is 195 g/mol. The van der Waals surface area contributed by atoms with Crippen molar-refractivity contribution in [3.8, 4) is 0 Å². The molecule has 0 saturated heterocycles. The summed E-state index contributed by atoms with van der Waals surface area (Å²) in [6.07, 6.45) is 9.27. The zero-order valence-corrected chi connectivity index (χ0v) is 8.66. The van der Waals surface area contributed by atoms with Gasteiger partial charge in [0.25, 0.3) is 5.89 Å². The lowest BCUT2D eigenvalue weighted by atomic mass is 10.1. The van der Waals surface area contributed by atoms with E-state index in [1.807, 2.05) is 0 Å². The second-order valence-corrected chi connectivity index (χ2v) is 3.42. The predicted molar refractivity (Wildman–Crippen MR) is 54.2 cm³/mol. The number of oxazole rings is 1. The molecule has 0 spiro atoms. The Morgan fingerprint density at radius 3 is 2.79 bits per heavy atom. The third-order valence-corrected chi connectivity index (χ3v) is 2.18. The van der Waals surface area contributed by atoms with Crippen molar-refractivity contribution < 1.29 is 9.21 Å². The molecular formula is C11H17NO2. The van der Waals surface area contributed by atoms with Crippen molar-refractivity contribution in [2.75, 3.05) is 0 Å². The highest BCUT2D eigenvalue weighted by molar-refractivity contribution is 5.91. The van der Waals surface area contributed by atoms with Crippen LogP contribution in [0.1, 0.15) is 56.1 Å². The summed E-state index contributed by atoms with van der Waals surface area (Å²) in [5.41, 5.74) is 0. The summed E-state index contributed by atoms with van der Waals surface area (Å²) in [4.78, 5) is 15.2. The molecule has 1 aromatic heterocycles. The zero-order valence-electron chi connectivity index (χ0n) is 8.66. The first-order valence-corrected chi connectivity index (χ1v) is 5.27. The van der Waals surface area contributed by atoms with E-state index in [-0.39, 0.29) is 11.7 Å². The molecular weight excluding hydrogens is 178 g/mol. The van der Waals surface area contributed by atoms with Crippen LogP contribution in [-0.4, -0.2) is 10.8 Å². The zero-order chi connectivity index (χ0) is 10.2. The van der Waals surface area contributed by atoms with Crippen molar-refractivity contribution in [1.29, 1.82) is 0 Å². The van der Waals surface area contributed by atoms with Crippen LogP contribution in [0.15, 0.2) is 16.9 Å². The number of hydrogen-bond acceptors (Lipinski definition) is 3. The minimum absolute atomic E-state index is 0.0199. The first kappa shape index (κ1) is 11.0. The van der Waals surface area contributed by atoms with Crippen LogP contribution in [0.25, 0.3) is 0 Å². The molecule has 0 aliphatic heterocycles. The summed E-state index contributed by atoms with van der Waals surface area (Å²) >= 11 is 0. The summed E-state index contributed by atoms with van der Waals surface area (Å²) in [5, 5.41) is 0. The molecule has 0 radical (unpaired) electrons. The fourth-order valence-electron chi connectivity index (χ4n) is 1.36. The van der Waals surface area contributed by atoms with Gasteiger partial charge in [0.05, 0.1) is 6.20 Å². The quantitative estimate of drug-likeness (QED) is 0.495. The summed E-state index contributed by atoms with van der Waals surface area (Å²) in [7, 11) is 0. The second-order valence-electron chi connectivity index (χ2n) is 3.42. The first-order chi connectivity index (χ1) is 6.84. The Bertz CT molecular complexity index is 254. The van der Waals surface area contributed by atoms with Crippen molar-refractivity contribution in [2.45, 2.75) is 45.4 Å². The number of ketones is 1. The van der Waals surface area contributed by atoms with E-state index in [1.54, 1.807) is 0 Å². The third kappa shape index (κ3) is 3.73. The molecule has 0 atom stereocenters. The normalized spacial score (nSPS) is 10.4. The fourth-order valence-corrected chi connectivity index (χ4v) is 1.36. The molecule has 3 nitrogen and oxygen atoms in total. The van der Waals surface area contributed by atoms with E-state index >= 15 is 0 Å². The molecule has 3 heteroatoms. The molecule has 1 aromatic rings. The maximum Gasteiger partial charge on any atom is 0.263 e. The van der Waals surface area contributed by atoms with Crippen molar-refractivity contribution in [3.63, 3.8) is 0 Å². The van der Waals surface area contributed by atoms with E-state index in [1.165, 1.54) is 31.7 Å². The Balaban J connectivity index is 2.10. The largest absolute Gasteiger partial charge is 0.442 e. The number of hydrogen-bond donors (Lipinski definition) is 0. The molecule has 0 aliphatic carbocycles. The van der Waals surface area contributed by atoms with E-state index in [0.717, 1.165) is 12.8 Å². The van der Waals surface area contributed by atoms with Crippen molar-refractivity contribution >= 4 is 5.78 Å². The van der Waals surface area contributed by atoms with Gasteiger partial charge in [0.2, 0.25) is 5.78 Å². The van der Waals surface area contributed by atoms with Crippen LogP contribution >= 0.6 is 0 Å². The van der Waals surface area contributed by atoms with Crippen LogP contribution in [0.5, 0.6) is 0 Å². The van der Waals surface area contributed by atoms with Gasteiger partial charge in [-0.15, -0.1) is 0 Å². The highest BCUT2D eigenvalue weighted by Crippen LogP contribution is 2.08. The highest BCUT2D eigenvalue weighted by Gasteiger charge is 2.08. The lowest BCUT2D eigenvalue weighted by Crippen LogP contribution is -1.98. The predicted octanol–water partition coefficient (Wildman–Crippen LogP) is 3.22.